The normalized spacial score (nSPS) is 15.3. The van der Waals surface area contributed by atoms with Crippen LogP contribution < -0.4 is 16.6 Å². The Morgan fingerprint density at radius 2 is 1.84 bits per heavy atom. The van der Waals surface area contributed by atoms with Crippen molar-refractivity contribution in [3.8, 4) is 0 Å². The fourth-order valence-electron chi connectivity index (χ4n) is 3.63. The van der Waals surface area contributed by atoms with Crippen LogP contribution in [0.3, 0.4) is 0 Å². The number of anilines is 1. The summed E-state index contributed by atoms with van der Waals surface area (Å²) in [6.45, 7) is 0.881. The van der Waals surface area contributed by atoms with Crippen LogP contribution in [0.15, 0.2) is 38.2 Å². The average molecular weight is 464 g/mol. The number of carbonyl (C=O) groups is 1. The van der Waals surface area contributed by atoms with Gasteiger partial charge in [-0.2, -0.15) is 4.31 Å². The van der Waals surface area contributed by atoms with Gasteiger partial charge in [0.05, 0.1) is 17.3 Å². The molecule has 1 saturated heterocycles. The molecule has 4 heterocycles. The second-order valence-corrected chi connectivity index (χ2v) is 10.2. The first-order valence-electron chi connectivity index (χ1n) is 9.66. The fraction of sp³-hybridized carbons (Fsp3) is 0.368. The Kier molecular flexibility index (Phi) is 5.54. The lowest BCUT2D eigenvalue weighted by atomic mass is 10.2. The molecule has 3 aromatic heterocycles. The van der Waals surface area contributed by atoms with Crippen molar-refractivity contribution in [3.63, 3.8) is 0 Å². The molecule has 4 rings (SSSR count). The lowest BCUT2D eigenvalue weighted by Crippen LogP contribution is -2.37. The number of hydrogen-bond donors (Lipinski definition) is 1. The lowest BCUT2D eigenvalue weighted by Gasteiger charge is -2.25. The number of piperidine rings is 1. The smallest absolute Gasteiger partial charge is 0.320 e. The molecule has 0 aromatic carbocycles. The Balaban J connectivity index is 1.67. The molecule has 0 aliphatic carbocycles. The van der Waals surface area contributed by atoms with E-state index in [9.17, 15) is 22.8 Å². The molecule has 31 heavy (non-hydrogen) atoms. The van der Waals surface area contributed by atoms with Gasteiger partial charge in [0.2, 0.25) is 10.0 Å². The summed E-state index contributed by atoms with van der Waals surface area (Å²) in [4.78, 5) is 41.5. The van der Waals surface area contributed by atoms with Gasteiger partial charge in [0.15, 0.2) is 0 Å². The molecular formula is C19H21N5O5S2. The monoisotopic (exact) mass is 463 g/mol. The van der Waals surface area contributed by atoms with Gasteiger partial charge < -0.3 is 5.32 Å². The Morgan fingerprint density at radius 1 is 1.13 bits per heavy atom. The Morgan fingerprint density at radius 3 is 2.55 bits per heavy atom. The summed E-state index contributed by atoms with van der Waals surface area (Å²) in [7, 11) is -0.910. The Bertz CT molecular complexity index is 1400. The van der Waals surface area contributed by atoms with Gasteiger partial charge in [0, 0.05) is 27.2 Å². The molecule has 12 heteroatoms. The zero-order chi connectivity index (χ0) is 22.3. The highest BCUT2D eigenvalue weighted by Gasteiger charge is 2.31. The summed E-state index contributed by atoms with van der Waals surface area (Å²) < 4.78 is 29.6. The van der Waals surface area contributed by atoms with E-state index >= 15 is 0 Å². The van der Waals surface area contributed by atoms with Crippen LogP contribution in [0, 0.1) is 0 Å². The molecule has 10 nitrogen and oxygen atoms in total. The summed E-state index contributed by atoms with van der Waals surface area (Å²) in [5.74, 6) is -0.603. The van der Waals surface area contributed by atoms with E-state index in [1.165, 1.54) is 41.3 Å². The van der Waals surface area contributed by atoms with Gasteiger partial charge in [-0.1, -0.05) is 6.42 Å². The first-order chi connectivity index (χ1) is 14.7. The second kappa shape index (κ2) is 8.02. The van der Waals surface area contributed by atoms with Crippen LogP contribution in [0.2, 0.25) is 0 Å². The highest BCUT2D eigenvalue weighted by molar-refractivity contribution is 7.89. The third-order valence-electron chi connectivity index (χ3n) is 5.32. The highest BCUT2D eigenvalue weighted by Crippen LogP contribution is 2.28. The third-order valence-corrected chi connectivity index (χ3v) is 8.30. The number of amides is 1. The number of aromatic nitrogens is 3. The summed E-state index contributed by atoms with van der Waals surface area (Å²) in [6.07, 6.45) is 3.91. The van der Waals surface area contributed by atoms with Crippen molar-refractivity contribution >= 4 is 44.0 Å². The molecule has 3 aromatic rings. The van der Waals surface area contributed by atoms with Crippen LogP contribution in [-0.4, -0.2) is 45.8 Å². The first kappa shape index (κ1) is 21.4. The SMILES string of the molecule is Cn1c(=O)c2cc(NC(=O)c3sccc3S(=O)(=O)N3CCCCC3)cnc2n(C)c1=O. The standard InChI is InChI=1S/C19H21N5O5S2/c1-22-16-13(18(26)23(2)19(22)27)10-12(11-20-16)21-17(25)15-14(6-9-30-15)31(28,29)24-7-4-3-5-8-24/h6,9-11H,3-5,7-8H2,1-2H3,(H,21,25). The van der Waals surface area contributed by atoms with Crippen LogP contribution in [-0.2, 0) is 24.1 Å². The number of hydrogen-bond acceptors (Lipinski definition) is 7. The number of sulfonamides is 1. The summed E-state index contributed by atoms with van der Waals surface area (Å²) >= 11 is 1.03. The minimum absolute atomic E-state index is 0.0241. The van der Waals surface area contributed by atoms with E-state index in [1.54, 1.807) is 5.38 Å². The second-order valence-electron chi connectivity index (χ2n) is 7.33. The maximum absolute atomic E-state index is 13.0. The number of nitrogens with one attached hydrogen (secondary N) is 1. The number of aryl methyl sites for hydroxylation is 1. The fourth-order valence-corrected chi connectivity index (χ4v) is 6.45. The van der Waals surface area contributed by atoms with Gasteiger partial charge in [0.1, 0.15) is 15.4 Å². The van der Waals surface area contributed by atoms with Gasteiger partial charge in [0.25, 0.3) is 11.5 Å². The molecule has 1 amide bonds. The zero-order valence-electron chi connectivity index (χ0n) is 17.0. The van der Waals surface area contributed by atoms with Gasteiger partial charge in [-0.3, -0.25) is 18.7 Å². The quantitative estimate of drug-likeness (QED) is 0.619. The largest absolute Gasteiger partial charge is 0.332 e. The maximum atomic E-state index is 13.0. The van der Waals surface area contributed by atoms with Crippen molar-refractivity contribution in [3.05, 3.63) is 49.4 Å². The Labute approximate surface area is 181 Å². The molecule has 1 aliphatic rings. The Hall–Kier alpha value is -2.83. The lowest BCUT2D eigenvalue weighted by molar-refractivity contribution is 0.102. The number of thiophene rings is 1. The van der Waals surface area contributed by atoms with E-state index < -0.39 is 27.2 Å². The van der Waals surface area contributed by atoms with Crippen molar-refractivity contribution in [2.45, 2.75) is 24.2 Å². The van der Waals surface area contributed by atoms with Gasteiger partial charge in [-0.05, 0) is 30.4 Å². The summed E-state index contributed by atoms with van der Waals surface area (Å²) in [5.41, 5.74) is -0.627. The van der Waals surface area contributed by atoms with E-state index in [0.29, 0.717) is 13.1 Å². The van der Waals surface area contributed by atoms with E-state index in [-0.39, 0.29) is 26.5 Å². The predicted octanol–water partition coefficient (Wildman–Crippen LogP) is 1.12. The molecule has 0 spiro atoms. The number of nitrogens with zero attached hydrogens (tertiary/aromatic N) is 4. The molecule has 164 valence electrons. The topological polar surface area (TPSA) is 123 Å². The van der Waals surface area contributed by atoms with Crippen LogP contribution in [0.25, 0.3) is 11.0 Å². The van der Waals surface area contributed by atoms with Crippen LogP contribution in [0.4, 0.5) is 5.69 Å². The van der Waals surface area contributed by atoms with Crippen molar-refractivity contribution in [2.24, 2.45) is 14.1 Å². The number of carbonyl (C=O) groups excluding carboxylic acids is 1. The number of pyridine rings is 1. The number of rotatable bonds is 4. The predicted molar refractivity (Wildman–Crippen MR) is 117 cm³/mol. The molecule has 0 atom stereocenters. The maximum Gasteiger partial charge on any atom is 0.332 e. The molecule has 0 saturated carbocycles. The summed E-state index contributed by atoms with van der Waals surface area (Å²) in [5, 5.41) is 4.35. The van der Waals surface area contributed by atoms with Crippen LogP contribution in [0.1, 0.15) is 28.9 Å². The van der Waals surface area contributed by atoms with Crippen molar-refractivity contribution in [1.82, 2.24) is 18.4 Å². The molecule has 1 fully saturated rings. The van der Waals surface area contributed by atoms with E-state index in [2.05, 4.69) is 10.3 Å². The highest BCUT2D eigenvalue weighted by atomic mass is 32.2. The van der Waals surface area contributed by atoms with E-state index in [0.717, 1.165) is 35.2 Å². The third kappa shape index (κ3) is 3.70. The first-order valence-corrected chi connectivity index (χ1v) is 12.0. The van der Waals surface area contributed by atoms with E-state index in [4.69, 9.17) is 0 Å². The summed E-state index contributed by atoms with van der Waals surface area (Å²) in [6, 6.07) is 2.86. The molecule has 0 bridgehead atoms. The van der Waals surface area contributed by atoms with Crippen molar-refractivity contribution in [2.75, 3.05) is 18.4 Å². The van der Waals surface area contributed by atoms with Gasteiger partial charge >= 0.3 is 5.69 Å². The molecule has 0 radical (unpaired) electrons. The minimum Gasteiger partial charge on any atom is -0.320 e. The molecule has 0 unspecified atom stereocenters. The minimum atomic E-state index is -3.77. The van der Waals surface area contributed by atoms with E-state index in [1.807, 2.05) is 0 Å². The van der Waals surface area contributed by atoms with Gasteiger partial charge in [-0.25, -0.2) is 18.2 Å². The van der Waals surface area contributed by atoms with Crippen molar-refractivity contribution in [1.29, 1.82) is 0 Å². The van der Waals surface area contributed by atoms with Gasteiger partial charge in [-0.15, -0.1) is 11.3 Å². The average Bonchev–Trinajstić information content (AvgIpc) is 3.28. The van der Waals surface area contributed by atoms with Crippen LogP contribution >= 0.6 is 11.3 Å². The zero-order valence-corrected chi connectivity index (χ0v) is 18.6. The number of fused-ring (bicyclic) bond motifs is 1. The molecule has 1 aliphatic heterocycles. The van der Waals surface area contributed by atoms with Crippen LogP contribution in [0.5, 0.6) is 0 Å². The van der Waals surface area contributed by atoms with Crippen molar-refractivity contribution < 1.29 is 13.2 Å². The molecule has 1 N–H and O–H groups in total. The molecular weight excluding hydrogens is 442 g/mol.